The third-order valence-corrected chi connectivity index (χ3v) is 7.01. The predicted octanol–water partition coefficient (Wildman–Crippen LogP) is 4.41. The van der Waals surface area contributed by atoms with Gasteiger partial charge >= 0.3 is 12.3 Å². The van der Waals surface area contributed by atoms with Crippen molar-refractivity contribution in [3.63, 3.8) is 0 Å². The van der Waals surface area contributed by atoms with E-state index in [-0.39, 0.29) is 11.9 Å². The minimum atomic E-state index is -4.49. The molecule has 0 saturated carbocycles. The van der Waals surface area contributed by atoms with Gasteiger partial charge in [-0.2, -0.15) is 13.2 Å². The highest BCUT2D eigenvalue weighted by atomic mass is 19.4. The zero-order chi connectivity index (χ0) is 26.8. The van der Waals surface area contributed by atoms with E-state index in [1.54, 1.807) is 17.2 Å². The Morgan fingerprint density at radius 3 is 2.51 bits per heavy atom. The van der Waals surface area contributed by atoms with Gasteiger partial charge in [0.25, 0.3) is 0 Å². The summed E-state index contributed by atoms with van der Waals surface area (Å²) in [5.74, 6) is 0.861. The molecule has 1 spiro atoms. The third-order valence-electron chi connectivity index (χ3n) is 7.01. The van der Waals surface area contributed by atoms with Crippen molar-refractivity contribution in [2.45, 2.75) is 57.5 Å². The number of likely N-dealkylation sites (tertiary alicyclic amines) is 1. The summed E-state index contributed by atoms with van der Waals surface area (Å²) in [7, 11) is 0. The molecule has 0 radical (unpaired) electrons. The topological polar surface area (TPSA) is 85.1 Å². The second-order valence-electron chi connectivity index (χ2n) is 10.9. The maximum Gasteiger partial charge on any atom is 0.417 e. The predicted molar refractivity (Wildman–Crippen MR) is 129 cm³/mol. The lowest BCUT2D eigenvalue weighted by Gasteiger charge is -2.62. The zero-order valence-electron chi connectivity index (χ0n) is 21.3. The number of halogens is 3. The molecule has 0 aromatic carbocycles. The SMILES string of the molecule is CC(C)(C)OC(=O)N1CC2(C1)OCCN(c1ccnc(-c3cnc4ccc(C(F)(F)F)cn34)n1)C2(C)C. The molecule has 198 valence electrons. The normalized spacial score (nSPS) is 19.2. The Balaban J connectivity index is 1.43. The van der Waals surface area contributed by atoms with Gasteiger partial charge in [-0.15, -0.1) is 0 Å². The van der Waals surface area contributed by atoms with Gasteiger partial charge in [0.15, 0.2) is 5.82 Å². The Kier molecular flexibility index (Phi) is 5.67. The molecule has 1 amide bonds. The van der Waals surface area contributed by atoms with E-state index in [0.29, 0.717) is 43.4 Å². The van der Waals surface area contributed by atoms with Gasteiger partial charge in [-0.25, -0.2) is 19.7 Å². The van der Waals surface area contributed by atoms with Crippen LogP contribution in [0.4, 0.5) is 23.8 Å². The monoisotopic (exact) mass is 518 g/mol. The highest BCUT2D eigenvalue weighted by molar-refractivity contribution is 5.70. The number of nitrogens with zero attached hydrogens (tertiary/aromatic N) is 6. The van der Waals surface area contributed by atoms with E-state index in [1.165, 1.54) is 16.7 Å². The van der Waals surface area contributed by atoms with Crippen molar-refractivity contribution in [1.29, 1.82) is 0 Å². The van der Waals surface area contributed by atoms with Crippen molar-refractivity contribution in [2.75, 3.05) is 31.1 Å². The third kappa shape index (κ3) is 4.36. The van der Waals surface area contributed by atoms with E-state index < -0.39 is 28.5 Å². The van der Waals surface area contributed by atoms with Crippen LogP contribution in [0.2, 0.25) is 0 Å². The zero-order valence-corrected chi connectivity index (χ0v) is 21.3. The number of rotatable bonds is 2. The second kappa shape index (κ2) is 8.30. The number of pyridine rings is 1. The lowest BCUT2D eigenvalue weighted by molar-refractivity contribution is -0.187. The molecule has 2 saturated heterocycles. The summed E-state index contributed by atoms with van der Waals surface area (Å²) < 4.78 is 53.0. The number of hydrogen-bond acceptors (Lipinski definition) is 7. The van der Waals surface area contributed by atoms with Crippen LogP contribution >= 0.6 is 0 Å². The summed E-state index contributed by atoms with van der Waals surface area (Å²) in [6.45, 7) is 11.2. The van der Waals surface area contributed by atoms with E-state index in [2.05, 4.69) is 14.9 Å². The highest BCUT2D eigenvalue weighted by Gasteiger charge is 2.61. The lowest BCUT2D eigenvalue weighted by atomic mass is 9.74. The number of carbonyl (C=O) groups excluding carboxylic acids is 1. The summed E-state index contributed by atoms with van der Waals surface area (Å²) in [5, 5.41) is 0. The Hall–Kier alpha value is -3.41. The van der Waals surface area contributed by atoms with E-state index in [1.807, 2.05) is 34.6 Å². The van der Waals surface area contributed by atoms with E-state index >= 15 is 0 Å². The van der Waals surface area contributed by atoms with Gasteiger partial charge in [-0.3, -0.25) is 4.40 Å². The summed E-state index contributed by atoms with van der Waals surface area (Å²) >= 11 is 0. The van der Waals surface area contributed by atoms with Crippen LogP contribution in [0.25, 0.3) is 17.2 Å². The van der Waals surface area contributed by atoms with E-state index in [9.17, 15) is 18.0 Å². The Morgan fingerprint density at radius 2 is 1.84 bits per heavy atom. The van der Waals surface area contributed by atoms with E-state index in [0.717, 1.165) is 12.3 Å². The molecule has 0 bridgehead atoms. The molecular formula is C25H29F3N6O3. The number of aromatic nitrogens is 4. The fraction of sp³-hybridized carbons (Fsp3) is 0.520. The van der Waals surface area contributed by atoms with Crippen LogP contribution in [0.3, 0.4) is 0 Å². The first-order chi connectivity index (χ1) is 17.2. The summed E-state index contributed by atoms with van der Waals surface area (Å²) in [5.41, 5.74) is -1.85. The number of amides is 1. The minimum Gasteiger partial charge on any atom is -0.444 e. The van der Waals surface area contributed by atoms with Crippen molar-refractivity contribution in [3.05, 3.63) is 42.4 Å². The number of carbonyl (C=O) groups is 1. The molecule has 0 N–H and O–H groups in total. The Morgan fingerprint density at radius 1 is 1.11 bits per heavy atom. The molecule has 5 rings (SSSR count). The molecule has 3 aromatic rings. The minimum absolute atomic E-state index is 0.254. The van der Waals surface area contributed by atoms with Gasteiger partial charge in [0.2, 0.25) is 0 Å². The molecule has 2 aliphatic heterocycles. The molecule has 2 fully saturated rings. The summed E-state index contributed by atoms with van der Waals surface area (Å²) in [4.78, 5) is 29.5. The lowest BCUT2D eigenvalue weighted by Crippen LogP contribution is -2.80. The molecule has 37 heavy (non-hydrogen) atoms. The van der Waals surface area contributed by atoms with E-state index in [4.69, 9.17) is 14.5 Å². The van der Waals surface area contributed by atoms with Crippen molar-refractivity contribution in [2.24, 2.45) is 0 Å². The average Bonchev–Trinajstić information content (AvgIpc) is 3.19. The first-order valence-electron chi connectivity index (χ1n) is 12.0. The molecule has 0 aliphatic carbocycles. The van der Waals surface area contributed by atoms with Crippen LogP contribution in [0.1, 0.15) is 40.2 Å². The maximum atomic E-state index is 13.3. The molecule has 12 heteroatoms. The molecular weight excluding hydrogens is 489 g/mol. The molecule has 2 aliphatic rings. The first-order valence-corrected chi connectivity index (χ1v) is 12.0. The Labute approximate surface area is 212 Å². The molecule has 3 aromatic heterocycles. The molecule has 0 atom stereocenters. The smallest absolute Gasteiger partial charge is 0.417 e. The van der Waals surface area contributed by atoms with Crippen molar-refractivity contribution < 1.29 is 27.4 Å². The van der Waals surface area contributed by atoms with Crippen LogP contribution in [-0.2, 0) is 15.7 Å². The number of alkyl halides is 3. The van der Waals surface area contributed by atoms with Crippen LogP contribution in [0.15, 0.2) is 36.8 Å². The molecule has 9 nitrogen and oxygen atoms in total. The van der Waals surface area contributed by atoms with Gasteiger partial charge in [0.1, 0.15) is 28.4 Å². The number of anilines is 1. The molecule has 0 unspecified atom stereocenters. The van der Waals surface area contributed by atoms with Crippen LogP contribution in [0.5, 0.6) is 0 Å². The summed E-state index contributed by atoms with van der Waals surface area (Å²) in [6.07, 6.45) is -0.826. The number of imidazole rings is 1. The van der Waals surface area contributed by atoms with Crippen LogP contribution in [0, 0.1) is 0 Å². The fourth-order valence-corrected chi connectivity index (χ4v) is 4.88. The number of fused-ring (bicyclic) bond motifs is 1. The van der Waals surface area contributed by atoms with Gasteiger partial charge in [0.05, 0.1) is 37.0 Å². The van der Waals surface area contributed by atoms with Gasteiger partial charge in [-0.05, 0) is 52.8 Å². The number of ether oxygens (including phenoxy) is 2. The van der Waals surface area contributed by atoms with Gasteiger partial charge in [0, 0.05) is 18.9 Å². The standard InChI is InChI=1S/C25H29F3N6O3/c1-22(2,3)37-21(35)32-14-24(15-32)23(4,5)34(10-11-36-24)19-8-9-29-20(31-19)17-12-30-18-7-6-16(13-33(17)18)25(26,27)28/h6-9,12-13H,10-11,14-15H2,1-5H3. The summed E-state index contributed by atoms with van der Waals surface area (Å²) in [6, 6.07) is 4.08. The van der Waals surface area contributed by atoms with Crippen molar-refractivity contribution in [1.82, 2.24) is 24.3 Å². The second-order valence-corrected chi connectivity index (χ2v) is 10.9. The highest BCUT2D eigenvalue weighted by Crippen LogP contribution is 2.44. The number of hydrogen-bond donors (Lipinski definition) is 0. The van der Waals surface area contributed by atoms with Crippen LogP contribution < -0.4 is 4.90 Å². The van der Waals surface area contributed by atoms with Crippen molar-refractivity contribution in [3.8, 4) is 11.5 Å². The average molecular weight is 519 g/mol. The van der Waals surface area contributed by atoms with Gasteiger partial charge < -0.3 is 19.3 Å². The quantitative estimate of drug-likeness (QED) is 0.497. The van der Waals surface area contributed by atoms with Gasteiger partial charge in [-0.1, -0.05) is 0 Å². The number of morpholine rings is 1. The maximum absolute atomic E-state index is 13.3. The van der Waals surface area contributed by atoms with Crippen LogP contribution in [-0.4, -0.2) is 73.3 Å². The fourth-order valence-electron chi connectivity index (χ4n) is 4.88. The Bertz CT molecular complexity index is 1340. The molecule has 5 heterocycles. The first kappa shape index (κ1) is 25.2. The van der Waals surface area contributed by atoms with Crippen molar-refractivity contribution >= 4 is 17.6 Å². The largest absolute Gasteiger partial charge is 0.444 e.